The molecule has 0 atom stereocenters. The van der Waals surface area contributed by atoms with Gasteiger partial charge in [0.1, 0.15) is 17.2 Å². The van der Waals surface area contributed by atoms with Crippen LogP contribution in [0, 0.1) is 6.92 Å². The van der Waals surface area contributed by atoms with Crippen molar-refractivity contribution in [3.05, 3.63) is 36.0 Å². The normalized spacial score (nSPS) is 11.1. The number of carbonyl (C=O) groups excluding carboxylic acids is 1. The Morgan fingerprint density at radius 2 is 2.05 bits per heavy atom. The van der Waals surface area contributed by atoms with E-state index in [9.17, 15) is 4.79 Å². The van der Waals surface area contributed by atoms with Gasteiger partial charge in [-0.05, 0) is 39.8 Å². The highest BCUT2D eigenvalue weighted by atomic mass is 16.6. The van der Waals surface area contributed by atoms with E-state index in [2.05, 4.69) is 25.6 Å². The largest absolute Gasteiger partial charge is 0.444 e. The van der Waals surface area contributed by atoms with Gasteiger partial charge in [-0.3, -0.25) is 5.32 Å². The first-order valence-corrected chi connectivity index (χ1v) is 7.02. The third kappa shape index (κ3) is 5.08. The third-order valence-corrected chi connectivity index (χ3v) is 2.63. The van der Waals surface area contributed by atoms with Gasteiger partial charge in [-0.25, -0.2) is 14.8 Å². The first-order chi connectivity index (χ1) is 10.3. The molecule has 0 bridgehead atoms. The number of aromatic amines is 1. The molecule has 0 aromatic carbocycles. The van der Waals surface area contributed by atoms with Crippen molar-refractivity contribution in [2.24, 2.45) is 0 Å². The maximum Gasteiger partial charge on any atom is 0.413 e. The first-order valence-electron chi connectivity index (χ1n) is 7.02. The number of nitrogens with zero attached hydrogens (tertiary/aromatic N) is 2. The molecule has 2 aromatic rings. The van der Waals surface area contributed by atoms with Crippen molar-refractivity contribution in [1.29, 1.82) is 0 Å². The second-order valence-corrected chi connectivity index (χ2v) is 5.91. The Hall–Kier alpha value is -2.57. The van der Waals surface area contributed by atoms with Gasteiger partial charge in [0.25, 0.3) is 0 Å². The van der Waals surface area contributed by atoms with Crippen LogP contribution in [-0.2, 0) is 11.3 Å². The molecular weight excluding hydrogens is 282 g/mol. The Morgan fingerprint density at radius 1 is 1.27 bits per heavy atom. The van der Waals surface area contributed by atoms with Gasteiger partial charge in [0.2, 0.25) is 0 Å². The topological polar surface area (TPSA) is 91.9 Å². The Bertz CT molecular complexity index is 628. The molecule has 7 nitrogen and oxygen atoms in total. The van der Waals surface area contributed by atoms with Gasteiger partial charge in [-0.15, -0.1) is 0 Å². The maximum atomic E-state index is 11.6. The van der Waals surface area contributed by atoms with Crippen LogP contribution >= 0.6 is 0 Å². The molecule has 7 heteroatoms. The summed E-state index contributed by atoms with van der Waals surface area (Å²) in [4.78, 5) is 23.1. The summed E-state index contributed by atoms with van der Waals surface area (Å²) in [6.07, 6.45) is 2.91. The minimum Gasteiger partial charge on any atom is -0.444 e. The number of amides is 1. The SMILES string of the molecule is Cc1ncc(CNc2ccc(NC(=O)OC(C)(C)C)nc2)[nH]1. The summed E-state index contributed by atoms with van der Waals surface area (Å²) in [5, 5.41) is 5.80. The van der Waals surface area contributed by atoms with Crippen molar-refractivity contribution >= 4 is 17.6 Å². The van der Waals surface area contributed by atoms with Gasteiger partial charge < -0.3 is 15.0 Å². The van der Waals surface area contributed by atoms with Crippen LogP contribution in [-0.4, -0.2) is 26.6 Å². The fraction of sp³-hybridized carbons (Fsp3) is 0.400. The van der Waals surface area contributed by atoms with Crippen LogP contribution in [0.4, 0.5) is 16.3 Å². The Kier molecular flexibility index (Phi) is 4.65. The number of ether oxygens (including phenoxy) is 1. The molecule has 0 aliphatic rings. The second kappa shape index (κ2) is 6.46. The Labute approximate surface area is 129 Å². The number of anilines is 2. The smallest absolute Gasteiger partial charge is 0.413 e. The molecule has 0 aliphatic carbocycles. The summed E-state index contributed by atoms with van der Waals surface area (Å²) in [6, 6.07) is 3.55. The zero-order valence-electron chi connectivity index (χ0n) is 13.2. The second-order valence-electron chi connectivity index (χ2n) is 5.91. The molecular formula is C15H21N5O2. The molecule has 2 heterocycles. The van der Waals surface area contributed by atoms with E-state index in [-0.39, 0.29) is 0 Å². The van der Waals surface area contributed by atoms with E-state index in [1.165, 1.54) is 0 Å². The van der Waals surface area contributed by atoms with Gasteiger partial charge in [-0.1, -0.05) is 0 Å². The van der Waals surface area contributed by atoms with Crippen molar-refractivity contribution in [1.82, 2.24) is 15.0 Å². The van der Waals surface area contributed by atoms with E-state index in [0.29, 0.717) is 12.4 Å². The molecule has 2 aromatic heterocycles. The monoisotopic (exact) mass is 303 g/mol. The average Bonchev–Trinajstić information content (AvgIpc) is 2.81. The number of aromatic nitrogens is 3. The van der Waals surface area contributed by atoms with Crippen LogP contribution in [0.3, 0.4) is 0 Å². The number of pyridine rings is 1. The molecule has 0 saturated carbocycles. The van der Waals surface area contributed by atoms with Crippen LogP contribution in [0.2, 0.25) is 0 Å². The molecule has 0 radical (unpaired) electrons. The number of imidazole rings is 1. The fourth-order valence-corrected chi connectivity index (χ4v) is 1.74. The minimum absolute atomic E-state index is 0.442. The van der Waals surface area contributed by atoms with E-state index in [0.717, 1.165) is 17.2 Å². The summed E-state index contributed by atoms with van der Waals surface area (Å²) in [5.41, 5.74) is 1.31. The van der Waals surface area contributed by atoms with Gasteiger partial charge in [0.15, 0.2) is 0 Å². The van der Waals surface area contributed by atoms with E-state index in [4.69, 9.17) is 4.74 Å². The van der Waals surface area contributed by atoms with Crippen LogP contribution in [0.25, 0.3) is 0 Å². The number of rotatable bonds is 4. The standard InChI is InChI=1S/C15H21N5O2/c1-10-16-8-12(19-10)9-17-11-5-6-13(18-7-11)20-14(21)22-15(2,3)4/h5-8,17H,9H2,1-4H3,(H,16,19)(H,18,20,21). The van der Waals surface area contributed by atoms with E-state index >= 15 is 0 Å². The zero-order valence-corrected chi connectivity index (χ0v) is 13.2. The average molecular weight is 303 g/mol. The third-order valence-electron chi connectivity index (χ3n) is 2.63. The molecule has 0 spiro atoms. The lowest BCUT2D eigenvalue weighted by Crippen LogP contribution is -2.27. The van der Waals surface area contributed by atoms with Crippen molar-refractivity contribution in [3.8, 4) is 0 Å². The maximum absolute atomic E-state index is 11.6. The highest BCUT2D eigenvalue weighted by Crippen LogP contribution is 2.13. The lowest BCUT2D eigenvalue weighted by Gasteiger charge is -2.19. The highest BCUT2D eigenvalue weighted by Gasteiger charge is 2.16. The number of nitrogens with one attached hydrogen (secondary N) is 3. The van der Waals surface area contributed by atoms with E-state index in [1.54, 1.807) is 18.5 Å². The van der Waals surface area contributed by atoms with Crippen LogP contribution in [0.15, 0.2) is 24.5 Å². The minimum atomic E-state index is -0.534. The van der Waals surface area contributed by atoms with E-state index < -0.39 is 11.7 Å². The summed E-state index contributed by atoms with van der Waals surface area (Å²) in [7, 11) is 0. The zero-order chi connectivity index (χ0) is 16.2. The first kappa shape index (κ1) is 15.8. The summed E-state index contributed by atoms with van der Waals surface area (Å²) < 4.78 is 5.16. The van der Waals surface area contributed by atoms with Crippen LogP contribution in [0.1, 0.15) is 32.3 Å². The summed E-state index contributed by atoms with van der Waals surface area (Å²) >= 11 is 0. The van der Waals surface area contributed by atoms with Gasteiger partial charge in [0, 0.05) is 0 Å². The van der Waals surface area contributed by atoms with Crippen molar-refractivity contribution in [2.45, 2.75) is 39.8 Å². The molecule has 22 heavy (non-hydrogen) atoms. The Morgan fingerprint density at radius 3 is 2.59 bits per heavy atom. The fourth-order valence-electron chi connectivity index (χ4n) is 1.74. The molecule has 118 valence electrons. The number of carbonyl (C=O) groups is 1. The van der Waals surface area contributed by atoms with Crippen LogP contribution < -0.4 is 10.6 Å². The number of H-pyrrole nitrogens is 1. The molecule has 0 aliphatic heterocycles. The number of hydrogen-bond acceptors (Lipinski definition) is 5. The van der Waals surface area contributed by atoms with Gasteiger partial charge >= 0.3 is 6.09 Å². The lowest BCUT2D eigenvalue weighted by molar-refractivity contribution is 0.0635. The lowest BCUT2D eigenvalue weighted by atomic mass is 10.2. The van der Waals surface area contributed by atoms with Gasteiger partial charge in [0.05, 0.1) is 30.3 Å². The predicted molar refractivity (Wildman–Crippen MR) is 84.7 cm³/mol. The van der Waals surface area contributed by atoms with Gasteiger partial charge in [-0.2, -0.15) is 0 Å². The predicted octanol–water partition coefficient (Wildman–Crippen LogP) is 3.07. The molecule has 0 saturated heterocycles. The van der Waals surface area contributed by atoms with Crippen molar-refractivity contribution < 1.29 is 9.53 Å². The number of hydrogen-bond donors (Lipinski definition) is 3. The van der Waals surface area contributed by atoms with Crippen LogP contribution in [0.5, 0.6) is 0 Å². The molecule has 3 N–H and O–H groups in total. The quantitative estimate of drug-likeness (QED) is 0.807. The van der Waals surface area contributed by atoms with Crippen molar-refractivity contribution in [3.63, 3.8) is 0 Å². The highest BCUT2D eigenvalue weighted by molar-refractivity contribution is 5.83. The number of aryl methyl sites for hydroxylation is 1. The molecule has 1 amide bonds. The summed E-state index contributed by atoms with van der Waals surface area (Å²) in [5.74, 6) is 1.32. The molecule has 0 fully saturated rings. The van der Waals surface area contributed by atoms with E-state index in [1.807, 2.05) is 33.8 Å². The van der Waals surface area contributed by atoms with Crippen molar-refractivity contribution in [2.75, 3.05) is 10.6 Å². The Balaban J connectivity index is 1.86. The molecule has 2 rings (SSSR count). The molecule has 0 unspecified atom stereocenters. The summed E-state index contributed by atoms with van der Waals surface area (Å²) in [6.45, 7) is 7.96.